The predicted molar refractivity (Wildman–Crippen MR) is 79.7 cm³/mol. The van der Waals surface area contributed by atoms with Crippen LogP contribution in [0.1, 0.15) is 0 Å². The van der Waals surface area contributed by atoms with Gasteiger partial charge in [0.1, 0.15) is 11.5 Å². The summed E-state index contributed by atoms with van der Waals surface area (Å²) in [6.07, 6.45) is 0. The molecule has 0 spiro atoms. The summed E-state index contributed by atoms with van der Waals surface area (Å²) >= 11 is 1.50. The highest BCUT2D eigenvalue weighted by molar-refractivity contribution is 8.00. The number of hydrogen-bond donors (Lipinski definition) is 1. The maximum Gasteiger partial charge on any atom is 0.233 e. The fourth-order valence-electron chi connectivity index (χ4n) is 2.04. The van der Waals surface area contributed by atoms with Gasteiger partial charge in [0.05, 0.1) is 24.9 Å². The summed E-state index contributed by atoms with van der Waals surface area (Å²) in [5.41, 5.74) is 0. The summed E-state index contributed by atoms with van der Waals surface area (Å²) in [4.78, 5) is 15.0. The van der Waals surface area contributed by atoms with Gasteiger partial charge in [-0.2, -0.15) is 0 Å². The van der Waals surface area contributed by atoms with E-state index in [-0.39, 0.29) is 5.91 Å². The lowest BCUT2D eigenvalue weighted by atomic mass is 10.3. The van der Waals surface area contributed by atoms with Crippen molar-refractivity contribution in [2.75, 3.05) is 46.2 Å². The summed E-state index contributed by atoms with van der Waals surface area (Å²) < 4.78 is 10.5. The number of nitrogens with one attached hydrogen (secondary N) is 1. The zero-order valence-electron chi connectivity index (χ0n) is 11.8. The number of benzene rings is 1. The lowest BCUT2D eigenvalue weighted by Gasteiger charge is -2.27. The maximum atomic E-state index is 12.1. The molecule has 1 aliphatic heterocycles. The number of hydrogen-bond acceptors (Lipinski definition) is 5. The molecule has 0 aromatic heterocycles. The second kappa shape index (κ2) is 7.40. The first-order valence-electron chi connectivity index (χ1n) is 6.58. The van der Waals surface area contributed by atoms with E-state index in [1.807, 2.05) is 23.1 Å². The van der Waals surface area contributed by atoms with E-state index in [2.05, 4.69) is 5.32 Å². The topological polar surface area (TPSA) is 50.8 Å². The summed E-state index contributed by atoms with van der Waals surface area (Å²) in [5, 5.41) is 3.24. The molecule has 1 fully saturated rings. The van der Waals surface area contributed by atoms with E-state index in [4.69, 9.17) is 9.47 Å². The normalized spacial score (nSPS) is 15.0. The number of piperazine rings is 1. The van der Waals surface area contributed by atoms with Gasteiger partial charge in [-0.25, -0.2) is 0 Å². The Labute approximate surface area is 123 Å². The molecule has 1 aliphatic rings. The molecule has 0 aliphatic carbocycles. The first-order valence-corrected chi connectivity index (χ1v) is 7.56. The standard InChI is InChI=1S/C14H20N2O3S/c1-18-11-3-4-13(12(9-11)19-2)20-10-14(17)16-7-5-15-6-8-16/h3-4,9,15H,5-8,10H2,1-2H3. The van der Waals surface area contributed by atoms with Gasteiger partial charge in [0.2, 0.25) is 5.91 Å². The van der Waals surface area contributed by atoms with Crippen LogP contribution in [0.25, 0.3) is 0 Å². The molecule has 1 N–H and O–H groups in total. The molecule has 0 saturated carbocycles. The zero-order valence-corrected chi connectivity index (χ0v) is 12.7. The van der Waals surface area contributed by atoms with E-state index in [9.17, 15) is 4.79 Å². The number of ether oxygens (including phenoxy) is 2. The number of carbonyl (C=O) groups excluding carboxylic acids is 1. The third-order valence-electron chi connectivity index (χ3n) is 3.19. The van der Waals surface area contributed by atoms with E-state index >= 15 is 0 Å². The minimum atomic E-state index is 0.175. The van der Waals surface area contributed by atoms with Crippen LogP contribution in [0.15, 0.2) is 23.1 Å². The van der Waals surface area contributed by atoms with Crippen LogP contribution in [0.4, 0.5) is 0 Å². The molecule has 0 unspecified atom stereocenters. The fourth-order valence-corrected chi connectivity index (χ4v) is 2.95. The first kappa shape index (κ1) is 15.0. The van der Waals surface area contributed by atoms with Crippen LogP contribution in [0.3, 0.4) is 0 Å². The van der Waals surface area contributed by atoms with Crippen LogP contribution >= 0.6 is 11.8 Å². The lowest BCUT2D eigenvalue weighted by Crippen LogP contribution is -2.47. The number of methoxy groups -OCH3 is 2. The summed E-state index contributed by atoms with van der Waals surface area (Å²) in [6, 6.07) is 5.63. The van der Waals surface area contributed by atoms with E-state index in [0.29, 0.717) is 5.75 Å². The Kier molecular flexibility index (Phi) is 5.55. The molecule has 0 bridgehead atoms. The van der Waals surface area contributed by atoms with Gasteiger partial charge in [0.25, 0.3) is 0 Å². The summed E-state index contributed by atoms with van der Waals surface area (Å²) in [7, 11) is 3.24. The molecule has 110 valence electrons. The third kappa shape index (κ3) is 3.80. The molecule has 1 saturated heterocycles. The highest BCUT2D eigenvalue weighted by Gasteiger charge is 2.17. The molecular weight excluding hydrogens is 276 g/mol. The molecule has 5 nitrogen and oxygen atoms in total. The zero-order chi connectivity index (χ0) is 14.4. The van der Waals surface area contributed by atoms with Gasteiger partial charge < -0.3 is 19.7 Å². The van der Waals surface area contributed by atoms with Crippen molar-refractivity contribution in [2.45, 2.75) is 4.90 Å². The molecular formula is C14H20N2O3S. The van der Waals surface area contributed by atoms with Crippen molar-refractivity contribution in [2.24, 2.45) is 0 Å². The second-order valence-electron chi connectivity index (χ2n) is 4.44. The van der Waals surface area contributed by atoms with Crippen molar-refractivity contribution < 1.29 is 14.3 Å². The largest absolute Gasteiger partial charge is 0.497 e. The van der Waals surface area contributed by atoms with Gasteiger partial charge >= 0.3 is 0 Å². The smallest absolute Gasteiger partial charge is 0.233 e. The second-order valence-corrected chi connectivity index (χ2v) is 5.45. The minimum absolute atomic E-state index is 0.175. The van der Waals surface area contributed by atoms with Crippen molar-refractivity contribution in [3.63, 3.8) is 0 Å². The molecule has 1 amide bonds. The summed E-state index contributed by atoms with van der Waals surface area (Å²) in [6.45, 7) is 3.34. The SMILES string of the molecule is COc1ccc(SCC(=O)N2CCNCC2)c(OC)c1. The van der Waals surface area contributed by atoms with Crippen LogP contribution in [-0.2, 0) is 4.79 Å². The minimum Gasteiger partial charge on any atom is -0.497 e. The number of amides is 1. The third-order valence-corrected chi connectivity index (χ3v) is 4.23. The number of rotatable bonds is 5. The Morgan fingerprint density at radius 3 is 2.70 bits per heavy atom. The van der Waals surface area contributed by atoms with Crippen molar-refractivity contribution in [1.82, 2.24) is 10.2 Å². The van der Waals surface area contributed by atoms with Crippen molar-refractivity contribution in [3.05, 3.63) is 18.2 Å². The molecule has 2 rings (SSSR count). The van der Waals surface area contributed by atoms with Gasteiger partial charge in [-0.05, 0) is 12.1 Å². The van der Waals surface area contributed by atoms with Crippen LogP contribution < -0.4 is 14.8 Å². The Morgan fingerprint density at radius 2 is 2.05 bits per heavy atom. The lowest BCUT2D eigenvalue weighted by molar-refractivity contribution is -0.128. The fraction of sp³-hybridized carbons (Fsp3) is 0.500. The average molecular weight is 296 g/mol. The number of carbonyl (C=O) groups is 1. The van der Waals surface area contributed by atoms with Gasteiger partial charge in [0, 0.05) is 32.2 Å². The molecule has 6 heteroatoms. The quantitative estimate of drug-likeness (QED) is 0.828. The number of nitrogens with zero attached hydrogens (tertiary/aromatic N) is 1. The van der Waals surface area contributed by atoms with Gasteiger partial charge in [-0.1, -0.05) is 0 Å². The maximum absolute atomic E-state index is 12.1. The Bertz CT molecular complexity index is 462. The van der Waals surface area contributed by atoms with E-state index in [0.717, 1.165) is 42.6 Å². The van der Waals surface area contributed by atoms with Crippen LogP contribution in [-0.4, -0.2) is 57.0 Å². The highest BCUT2D eigenvalue weighted by Crippen LogP contribution is 2.32. The Balaban J connectivity index is 1.94. The van der Waals surface area contributed by atoms with Crippen LogP contribution in [0.5, 0.6) is 11.5 Å². The van der Waals surface area contributed by atoms with Crippen LogP contribution in [0, 0.1) is 0 Å². The first-order chi connectivity index (χ1) is 9.74. The van der Waals surface area contributed by atoms with E-state index in [1.165, 1.54) is 11.8 Å². The van der Waals surface area contributed by atoms with Crippen LogP contribution in [0.2, 0.25) is 0 Å². The van der Waals surface area contributed by atoms with Crippen molar-refractivity contribution in [3.8, 4) is 11.5 Å². The predicted octanol–water partition coefficient (Wildman–Crippen LogP) is 1.23. The Morgan fingerprint density at radius 1 is 1.30 bits per heavy atom. The molecule has 0 radical (unpaired) electrons. The van der Waals surface area contributed by atoms with E-state index < -0.39 is 0 Å². The van der Waals surface area contributed by atoms with Crippen molar-refractivity contribution >= 4 is 17.7 Å². The molecule has 1 heterocycles. The highest BCUT2D eigenvalue weighted by atomic mass is 32.2. The average Bonchev–Trinajstić information content (AvgIpc) is 2.53. The molecule has 1 aromatic carbocycles. The monoisotopic (exact) mass is 296 g/mol. The van der Waals surface area contributed by atoms with E-state index in [1.54, 1.807) is 14.2 Å². The number of thioether (sulfide) groups is 1. The van der Waals surface area contributed by atoms with Gasteiger partial charge in [0.15, 0.2) is 0 Å². The van der Waals surface area contributed by atoms with Crippen molar-refractivity contribution in [1.29, 1.82) is 0 Å². The Hall–Kier alpha value is -1.40. The van der Waals surface area contributed by atoms with Gasteiger partial charge in [-0.15, -0.1) is 11.8 Å². The molecule has 1 aromatic rings. The van der Waals surface area contributed by atoms with Gasteiger partial charge in [-0.3, -0.25) is 4.79 Å². The molecule has 20 heavy (non-hydrogen) atoms. The summed E-state index contributed by atoms with van der Waals surface area (Å²) in [5.74, 6) is 2.10. The molecule has 0 atom stereocenters.